The summed E-state index contributed by atoms with van der Waals surface area (Å²) < 4.78 is 0. The number of carbonyl (C=O) groups excluding carboxylic acids is 1. The minimum atomic E-state index is 0.289. The highest BCUT2D eigenvalue weighted by molar-refractivity contribution is 5.76. The molecule has 0 N–H and O–H groups in total. The van der Waals surface area contributed by atoms with Crippen LogP contribution in [-0.2, 0) is 11.2 Å². The van der Waals surface area contributed by atoms with Gasteiger partial charge in [0.05, 0.1) is 0 Å². The first-order chi connectivity index (χ1) is 14.2. The Morgan fingerprint density at radius 2 is 1.48 bits per heavy atom. The van der Waals surface area contributed by atoms with E-state index in [1.807, 2.05) is 17.0 Å². The maximum Gasteiger partial charge on any atom is 0.222 e. The van der Waals surface area contributed by atoms with E-state index in [0.29, 0.717) is 13.0 Å². The number of amides is 1. The van der Waals surface area contributed by atoms with Gasteiger partial charge in [-0.1, -0.05) is 111 Å². The minimum absolute atomic E-state index is 0.289. The largest absolute Gasteiger partial charge is 0.338 e. The van der Waals surface area contributed by atoms with Crippen molar-refractivity contribution in [3.05, 3.63) is 77.4 Å². The predicted octanol–water partition coefficient (Wildman–Crippen LogP) is 6.91. The molecule has 0 saturated heterocycles. The van der Waals surface area contributed by atoms with Crippen LogP contribution in [0.5, 0.6) is 0 Å². The van der Waals surface area contributed by atoms with Crippen LogP contribution < -0.4 is 0 Å². The SMILES string of the molecule is CCCCCCCCC(=O)N(CCc1ccccc1)CC(C)=Cc1ccccc1. The van der Waals surface area contributed by atoms with Crippen LogP contribution in [0.3, 0.4) is 0 Å². The summed E-state index contributed by atoms with van der Waals surface area (Å²) >= 11 is 0. The predicted molar refractivity (Wildman–Crippen MR) is 125 cm³/mol. The van der Waals surface area contributed by atoms with Gasteiger partial charge < -0.3 is 4.90 Å². The lowest BCUT2D eigenvalue weighted by molar-refractivity contribution is -0.130. The van der Waals surface area contributed by atoms with Crippen LogP contribution in [0.15, 0.2) is 66.2 Å². The molecule has 0 radical (unpaired) electrons. The van der Waals surface area contributed by atoms with Gasteiger partial charge in [-0.2, -0.15) is 0 Å². The highest BCUT2D eigenvalue weighted by Crippen LogP contribution is 2.13. The Bertz CT molecular complexity index is 721. The van der Waals surface area contributed by atoms with Crippen LogP contribution in [0.4, 0.5) is 0 Å². The maximum absolute atomic E-state index is 12.9. The summed E-state index contributed by atoms with van der Waals surface area (Å²) in [6, 6.07) is 20.8. The smallest absolute Gasteiger partial charge is 0.222 e. The third-order valence-electron chi connectivity index (χ3n) is 5.26. The van der Waals surface area contributed by atoms with Gasteiger partial charge in [0.2, 0.25) is 5.91 Å². The molecule has 0 heterocycles. The van der Waals surface area contributed by atoms with Gasteiger partial charge in [-0.25, -0.2) is 0 Å². The van der Waals surface area contributed by atoms with E-state index >= 15 is 0 Å². The molecule has 0 aliphatic carbocycles. The summed E-state index contributed by atoms with van der Waals surface area (Å²) in [5, 5.41) is 0. The molecule has 2 aromatic carbocycles. The Balaban J connectivity index is 1.92. The molecule has 2 rings (SSSR count). The normalized spacial score (nSPS) is 11.4. The van der Waals surface area contributed by atoms with Crippen molar-refractivity contribution in [1.82, 2.24) is 4.90 Å². The number of carbonyl (C=O) groups is 1. The minimum Gasteiger partial charge on any atom is -0.338 e. The zero-order valence-electron chi connectivity index (χ0n) is 18.3. The number of hydrogen-bond donors (Lipinski definition) is 0. The molecule has 0 bridgehead atoms. The Morgan fingerprint density at radius 3 is 2.17 bits per heavy atom. The summed E-state index contributed by atoms with van der Waals surface area (Å²) in [7, 11) is 0. The number of nitrogens with zero attached hydrogens (tertiary/aromatic N) is 1. The third-order valence-corrected chi connectivity index (χ3v) is 5.26. The molecule has 29 heavy (non-hydrogen) atoms. The van der Waals surface area contributed by atoms with Crippen molar-refractivity contribution < 1.29 is 4.79 Å². The molecule has 0 spiro atoms. The van der Waals surface area contributed by atoms with E-state index in [1.165, 1.54) is 42.4 Å². The molecule has 156 valence electrons. The van der Waals surface area contributed by atoms with E-state index in [-0.39, 0.29) is 5.91 Å². The zero-order valence-corrected chi connectivity index (χ0v) is 18.3. The molecule has 0 aromatic heterocycles. The molecule has 2 aromatic rings. The fourth-order valence-electron chi connectivity index (χ4n) is 3.60. The van der Waals surface area contributed by atoms with Crippen molar-refractivity contribution in [1.29, 1.82) is 0 Å². The third kappa shape index (κ3) is 9.60. The summed E-state index contributed by atoms with van der Waals surface area (Å²) in [4.78, 5) is 15.0. The summed E-state index contributed by atoms with van der Waals surface area (Å²) in [5.74, 6) is 0.289. The molecule has 0 fully saturated rings. The molecular formula is C27H37NO. The van der Waals surface area contributed by atoms with E-state index in [1.54, 1.807) is 0 Å². The lowest BCUT2D eigenvalue weighted by atomic mass is 10.1. The summed E-state index contributed by atoms with van der Waals surface area (Å²) in [6.07, 6.45) is 11.0. The van der Waals surface area contributed by atoms with Crippen LogP contribution in [-0.4, -0.2) is 23.9 Å². The Hall–Kier alpha value is -2.35. The lowest BCUT2D eigenvalue weighted by Crippen LogP contribution is -2.34. The monoisotopic (exact) mass is 391 g/mol. The number of unbranched alkanes of at least 4 members (excludes halogenated alkanes) is 5. The number of benzene rings is 2. The van der Waals surface area contributed by atoms with Crippen molar-refractivity contribution in [2.75, 3.05) is 13.1 Å². The first-order valence-electron chi connectivity index (χ1n) is 11.2. The molecule has 0 atom stereocenters. The molecule has 0 aliphatic heterocycles. The van der Waals surface area contributed by atoms with Gasteiger partial charge in [0.25, 0.3) is 0 Å². The van der Waals surface area contributed by atoms with Crippen molar-refractivity contribution in [3.63, 3.8) is 0 Å². The Morgan fingerprint density at radius 1 is 0.862 bits per heavy atom. The summed E-state index contributed by atoms with van der Waals surface area (Å²) in [5.41, 5.74) is 3.70. The Kier molecular flexibility index (Phi) is 10.9. The quantitative estimate of drug-likeness (QED) is 0.340. The van der Waals surface area contributed by atoms with Gasteiger partial charge in [0, 0.05) is 19.5 Å². The second kappa shape index (κ2) is 13.8. The zero-order chi connectivity index (χ0) is 20.7. The van der Waals surface area contributed by atoms with Gasteiger partial charge in [0.15, 0.2) is 0 Å². The van der Waals surface area contributed by atoms with E-state index < -0.39 is 0 Å². The maximum atomic E-state index is 12.9. The fourth-order valence-corrected chi connectivity index (χ4v) is 3.60. The fraction of sp³-hybridized carbons (Fsp3) is 0.444. The van der Waals surface area contributed by atoms with Crippen molar-refractivity contribution in [2.24, 2.45) is 0 Å². The molecule has 0 saturated carbocycles. The van der Waals surface area contributed by atoms with Gasteiger partial charge in [0.1, 0.15) is 0 Å². The van der Waals surface area contributed by atoms with Crippen LogP contribution in [0.2, 0.25) is 0 Å². The van der Waals surface area contributed by atoms with Crippen LogP contribution in [0.1, 0.15) is 69.9 Å². The van der Waals surface area contributed by atoms with Crippen molar-refractivity contribution in [2.45, 2.75) is 65.2 Å². The van der Waals surface area contributed by atoms with Crippen LogP contribution in [0.25, 0.3) is 6.08 Å². The number of rotatable bonds is 13. The van der Waals surface area contributed by atoms with E-state index in [4.69, 9.17) is 0 Å². The van der Waals surface area contributed by atoms with Crippen molar-refractivity contribution in [3.8, 4) is 0 Å². The lowest BCUT2D eigenvalue weighted by Gasteiger charge is -2.23. The van der Waals surface area contributed by atoms with Gasteiger partial charge in [-0.15, -0.1) is 0 Å². The molecule has 2 heteroatoms. The Labute approximate surface area is 177 Å². The highest BCUT2D eigenvalue weighted by Gasteiger charge is 2.14. The molecular weight excluding hydrogens is 354 g/mol. The first-order valence-corrected chi connectivity index (χ1v) is 11.2. The van der Waals surface area contributed by atoms with Crippen molar-refractivity contribution >= 4 is 12.0 Å². The molecule has 0 unspecified atom stereocenters. The second-order valence-corrected chi connectivity index (χ2v) is 7.97. The van der Waals surface area contributed by atoms with Crippen LogP contribution >= 0.6 is 0 Å². The topological polar surface area (TPSA) is 20.3 Å². The standard InChI is InChI=1S/C27H37NO/c1-3-4-5-6-7-14-19-27(29)28(21-20-25-15-10-8-11-16-25)23-24(2)22-26-17-12-9-13-18-26/h8-13,15-18,22H,3-7,14,19-21,23H2,1-2H3. The van der Waals surface area contributed by atoms with E-state index in [0.717, 1.165) is 25.8 Å². The molecule has 1 amide bonds. The van der Waals surface area contributed by atoms with Gasteiger partial charge in [-0.3, -0.25) is 4.79 Å². The van der Waals surface area contributed by atoms with Gasteiger partial charge in [-0.05, 0) is 30.9 Å². The van der Waals surface area contributed by atoms with E-state index in [2.05, 4.69) is 68.5 Å². The molecule has 2 nitrogen and oxygen atoms in total. The van der Waals surface area contributed by atoms with Crippen LogP contribution in [0, 0.1) is 0 Å². The van der Waals surface area contributed by atoms with E-state index in [9.17, 15) is 4.79 Å². The first kappa shape index (κ1) is 22.9. The molecule has 0 aliphatic rings. The average Bonchev–Trinajstić information content (AvgIpc) is 2.75. The second-order valence-electron chi connectivity index (χ2n) is 7.97. The highest BCUT2D eigenvalue weighted by atomic mass is 16.2. The summed E-state index contributed by atoms with van der Waals surface area (Å²) in [6.45, 7) is 5.84. The van der Waals surface area contributed by atoms with Gasteiger partial charge >= 0.3 is 0 Å². The number of hydrogen-bond acceptors (Lipinski definition) is 1. The average molecular weight is 392 g/mol.